The average molecular weight is 145 g/mol. The molecule has 0 amide bonds. The lowest BCUT2D eigenvalue weighted by Crippen LogP contribution is -2.06. The highest BCUT2D eigenvalue weighted by Crippen LogP contribution is 2.45. The molecule has 0 unspecified atom stereocenters. The molecule has 2 rings (SSSR count). The van der Waals surface area contributed by atoms with Crippen LogP contribution in [-0.2, 0) is 10.2 Å². The van der Waals surface area contributed by atoms with Crippen LogP contribution in [0.4, 0.5) is 0 Å². The third-order valence-electron chi connectivity index (χ3n) is 2.27. The van der Waals surface area contributed by atoms with E-state index < -0.39 is 0 Å². The largest absolute Gasteiger partial charge is 0.290 e. The van der Waals surface area contributed by atoms with Crippen LogP contribution < -0.4 is 0 Å². The quantitative estimate of drug-likeness (QED) is 0.620. The highest BCUT2D eigenvalue weighted by atomic mass is 16.1. The van der Waals surface area contributed by atoms with E-state index in [0.717, 1.165) is 18.4 Å². The molecule has 1 aliphatic carbocycles. The van der Waals surface area contributed by atoms with Crippen molar-refractivity contribution in [1.82, 2.24) is 0 Å². The molecule has 0 spiro atoms. The van der Waals surface area contributed by atoms with Crippen molar-refractivity contribution in [2.24, 2.45) is 0 Å². The molecule has 1 aliphatic rings. The van der Waals surface area contributed by atoms with Crippen LogP contribution in [0.25, 0.3) is 0 Å². The molecule has 0 aromatic heterocycles. The second-order valence-corrected chi connectivity index (χ2v) is 3.05. The Morgan fingerprint density at radius 1 is 1.18 bits per heavy atom. The third kappa shape index (κ3) is 0.967. The van der Waals surface area contributed by atoms with Crippen LogP contribution in [0.1, 0.15) is 18.4 Å². The highest BCUT2D eigenvalue weighted by Gasteiger charge is 2.45. The van der Waals surface area contributed by atoms with Crippen molar-refractivity contribution >= 4 is 6.29 Å². The topological polar surface area (TPSA) is 17.1 Å². The molecular weight excluding hydrogens is 136 g/mol. The minimum Gasteiger partial charge on any atom is -0.290 e. The van der Waals surface area contributed by atoms with E-state index in [1.807, 2.05) is 30.3 Å². The summed E-state index contributed by atoms with van der Waals surface area (Å²) in [5.41, 5.74) is 0.899. The summed E-state index contributed by atoms with van der Waals surface area (Å²) >= 11 is 0. The van der Waals surface area contributed by atoms with Crippen molar-refractivity contribution in [3.63, 3.8) is 0 Å². The SMILES string of the molecule is O=[C]C1(c2ccccc2)CC1. The molecule has 0 N–H and O–H groups in total. The van der Waals surface area contributed by atoms with E-state index in [0.29, 0.717) is 0 Å². The monoisotopic (exact) mass is 145 g/mol. The standard InChI is InChI=1S/C10H9O/c11-8-10(6-7-10)9-4-2-1-3-5-9/h1-5H,6-7H2. The second-order valence-electron chi connectivity index (χ2n) is 3.05. The first-order valence-corrected chi connectivity index (χ1v) is 3.82. The average Bonchev–Trinajstić information content (AvgIpc) is 2.86. The number of hydrogen-bond acceptors (Lipinski definition) is 1. The molecule has 0 aliphatic heterocycles. The highest BCUT2D eigenvalue weighted by molar-refractivity contribution is 5.73. The molecule has 1 radical (unpaired) electrons. The van der Waals surface area contributed by atoms with Crippen LogP contribution in [0.2, 0.25) is 0 Å². The van der Waals surface area contributed by atoms with Crippen molar-refractivity contribution in [2.75, 3.05) is 0 Å². The van der Waals surface area contributed by atoms with Crippen LogP contribution >= 0.6 is 0 Å². The Bertz CT molecular complexity index is 259. The molecule has 1 saturated carbocycles. The maximum absolute atomic E-state index is 10.6. The van der Waals surface area contributed by atoms with Crippen molar-refractivity contribution in [3.05, 3.63) is 35.9 Å². The smallest absolute Gasteiger partial charge is 0.209 e. The van der Waals surface area contributed by atoms with Crippen molar-refractivity contribution in [3.8, 4) is 0 Å². The van der Waals surface area contributed by atoms with Gasteiger partial charge in [0.2, 0.25) is 6.29 Å². The fourth-order valence-corrected chi connectivity index (χ4v) is 1.33. The number of hydrogen-bond donors (Lipinski definition) is 0. The fraction of sp³-hybridized carbons (Fsp3) is 0.300. The van der Waals surface area contributed by atoms with Gasteiger partial charge in [-0.05, 0) is 18.4 Å². The Morgan fingerprint density at radius 2 is 1.82 bits per heavy atom. The second kappa shape index (κ2) is 2.19. The predicted molar refractivity (Wildman–Crippen MR) is 43.0 cm³/mol. The molecule has 0 bridgehead atoms. The van der Waals surface area contributed by atoms with Gasteiger partial charge in [0.1, 0.15) is 0 Å². The molecule has 11 heavy (non-hydrogen) atoms. The minimum absolute atomic E-state index is 0.221. The van der Waals surface area contributed by atoms with Gasteiger partial charge in [-0.2, -0.15) is 0 Å². The van der Waals surface area contributed by atoms with Crippen molar-refractivity contribution < 1.29 is 4.79 Å². The molecule has 1 aromatic carbocycles. The normalized spacial score (nSPS) is 19.3. The van der Waals surface area contributed by atoms with Gasteiger partial charge in [-0.15, -0.1) is 0 Å². The zero-order chi connectivity index (χ0) is 7.73. The molecule has 1 nitrogen and oxygen atoms in total. The van der Waals surface area contributed by atoms with Crippen LogP contribution in [-0.4, -0.2) is 6.29 Å². The molecule has 0 atom stereocenters. The van der Waals surface area contributed by atoms with Gasteiger partial charge >= 0.3 is 0 Å². The number of rotatable bonds is 2. The Kier molecular flexibility index (Phi) is 1.31. The molecular formula is C10H9O. The van der Waals surface area contributed by atoms with E-state index in [1.165, 1.54) is 0 Å². The van der Waals surface area contributed by atoms with E-state index >= 15 is 0 Å². The zero-order valence-electron chi connectivity index (χ0n) is 6.21. The summed E-state index contributed by atoms with van der Waals surface area (Å²) in [7, 11) is 0. The van der Waals surface area contributed by atoms with Gasteiger partial charge < -0.3 is 0 Å². The summed E-state index contributed by atoms with van der Waals surface area (Å²) in [6.07, 6.45) is 4.06. The van der Waals surface area contributed by atoms with E-state index in [1.54, 1.807) is 0 Å². The summed E-state index contributed by atoms with van der Waals surface area (Å²) in [4.78, 5) is 10.6. The maximum Gasteiger partial charge on any atom is 0.209 e. The molecule has 55 valence electrons. The predicted octanol–water partition coefficient (Wildman–Crippen LogP) is 1.83. The molecule has 1 fully saturated rings. The first-order chi connectivity index (χ1) is 5.37. The van der Waals surface area contributed by atoms with Gasteiger partial charge in [0.15, 0.2) is 0 Å². The Morgan fingerprint density at radius 3 is 2.27 bits per heavy atom. The van der Waals surface area contributed by atoms with Crippen LogP contribution in [0.5, 0.6) is 0 Å². The first-order valence-electron chi connectivity index (χ1n) is 3.82. The minimum atomic E-state index is -0.221. The summed E-state index contributed by atoms with van der Waals surface area (Å²) in [5.74, 6) is 0. The summed E-state index contributed by atoms with van der Waals surface area (Å²) < 4.78 is 0. The van der Waals surface area contributed by atoms with E-state index in [2.05, 4.69) is 6.29 Å². The Hall–Kier alpha value is -1.11. The van der Waals surface area contributed by atoms with Gasteiger partial charge in [0.25, 0.3) is 0 Å². The van der Waals surface area contributed by atoms with Gasteiger partial charge in [-0.3, -0.25) is 4.79 Å². The van der Waals surface area contributed by atoms with Crippen molar-refractivity contribution in [1.29, 1.82) is 0 Å². The van der Waals surface area contributed by atoms with E-state index in [4.69, 9.17) is 0 Å². The van der Waals surface area contributed by atoms with Crippen LogP contribution in [0.15, 0.2) is 30.3 Å². The molecule has 0 saturated heterocycles. The third-order valence-corrected chi connectivity index (χ3v) is 2.27. The molecule has 1 aromatic rings. The number of carbonyl (C=O) groups excluding carboxylic acids is 1. The first kappa shape index (κ1) is 6.59. The molecule has 0 heterocycles. The van der Waals surface area contributed by atoms with Gasteiger partial charge in [0.05, 0.1) is 5.41 Å². The summed E-state index contributed by atoms with van der Waals surface area (Å²) in [6, 6.07) is 9.89. The van der Waals surface area contributed by atoms with Gasteiger partial charge in [-0.25, -0.2) is 0 Å². The van der Waals surface area contributed by atoms with E-state index in [-0.39, 0.29) is 5.41 Å². The van der Waals surface area contributed by atoms with Crippen molar-refractivity contribution in [2.45, 2.75) is 18.3 Å². The Balaban J connectivity index is 2.37. The fourth-order valence-electron chi connectivity index (χ4n) is 1.33. The van der Waals surface area contributed by atoms with E-state index in [9.17, 15) is 4.79 Å². The van der Waals surface area contributed by atoms with Crippen LogP contribution in [0, 0.1) is 0 Å². The lowest BCUT2D eigenvalue weighted by Gasteiger charge is -2.03. The van der Waals surface area contributed by atoms with Crippen LogP contribution in [0.3, 0.4) is 0 Å². The molecule has 1 heteroatoms. The Labute approximate surface area is 66.0 Å². The van der Waals surface area contributed by atoms with Gasteiger partial charge in [0, 0.05) is 0 Å². The maximum atomic E-state index is 10.6. The van der Waals surface area contributed by atoms with Gasteiger partial charge in [-0.1, -0.05) is 30.3 Å². The summed E-state index contributed by atoms with van der Waals surface area (Å²) in [6.45, 7) is 0. The zero-order valence-corrected chi connectivity index (χ0v) is 6.21. The number of benzene rings is 1. The lowest BCUT2D eigenvalue weighted by atomic mass is 9.98. The summed E-state index contributed by atoms with van der Waals surface area (Å²) in [5, 5.41) is 0. The lowest BCUT2D eigenvalue weighted by molar-refractivity contribution is 0.540.